The molecule has 0 unspecified atom stereocenters. The van der Waals surface area contributed by atoms with Crippen molar-refractivity contribution < 1.29 is 4.74 Å². The van der Waals surface area contributed by atoms with E-state index in [1.807, 2.05) is 12.1 Å². The van der Waals surface area contributed by atoms with Crippen LogP contribution in [0.1, 0.15) is 46.5 Å². The largest absolute Gasteiger partial charge is 0.494 e. The van der Waals surface area contributed by atoms with Crippen molar-refractivity contribution in [1.29, 1.82) is 0 Å². The van der Waals surface area contributed by atoms with Crippen LogP contribution in [0.2, 0.25) is 0 Å². The molecule has 0 saturated heterocycles. The molecule has 0 saturated carbocycles. The third-order valence-electron chi connectivity index (χ3n) is 2.58. The summed E-state index contributed by atoms with van der Waals surface area (Å²) in [6.45, 7) is 7.33. The van der Waals surface area contributed by atoms with Crippen LogP contribution in [0, 0.1) is 0 Å². The summed E-state index contributed by atoms with van der Waals surface area (Å²) in [6.07, 6.45) is 5.00. The molecular weight excluding hydrogens is 210 g/mol. The maximum atomic E-state index is 5.68. The Bertz CT molecular complexity index is 292. The summed E-state index contributed by atoms with van der Waals surface area (Å²) in [5.74, 6) is 0.968. The molecule has 96 valence electrons. The van der Waals surface area contributed by atoms with E-state index in [2.05, 4.69) is 38.2 Å². The van der Waals surface area contributed by atoms with Crippen molar-refractivity contribution in [1.82, 2.24) is 0 Å². The fourth-order valence-electron chi connectivity index (χ4n) is 1.70. The van der Waals surface area contributed by atoms with Gasteiger partial charge in [0.2, 0.25) is 0 Å². The van der Waals surface area contributed by atoms with Gasteiger partial charge in [-0.25, -0.2) is 0 Å². The minimum absolute atomic E-state index is 0.468. The van der Waals surface area contributed by atoms with E-state index < -0.39 is 0 Å². The van der Waals surface area contributed by atoms with Crippen molar-refractivity contribution in [2.45, 2.75) is 52.5 Å². The van der Waals surface area contributed by atoms with Gasteiger partial charge >= 0.3 is 0 Å². The highest BCUT2D eigenvalue weighted by atomic mass is 16.5. The van der Waals surface area contributed by atoms with Gasteiger partial charge in [-0.3, -0.25) is 0 Å². The summed E-state index contributed by atoms with van der Waals surface area (Å²) in [7, 11) is 0. The van der Waals surface area contributed by atoms with Crippen molar-refractivity contribution in [3.8, 4) is 5.75 Å². The van der Waals surface area contributed by atoms with Crippen molar-refractivity contribution in [2.24, 2.45) is 0 Å². The first-order valence-electron chi connectivity index (χ1n) is 6.71. The summed E-state index contributed by atoms with van der Waals surface area (Å²) in [6, 6.07) is 8.67. The van der Waals surface area contributed by atoms with Crippen LogP contribution in [-0.4, -0.2) is 12.6 Å². The summed E-state index contributed by atoms with van der Waals surface area (Å²) >= 11 is 0. The Morgan fingerprint density at radius 1 is 1.06 bits per heavy atom. The lowest BCUT2D eigenvalue weighted by atomic mass is 10.2. The molecule has 0 spiro atoms. The molecule has 0 heterocycles. The fraction of sp³-hybridized carbons (Fsp3) is 0.600. The number of hydrogen-bond donors (Lipinski definition) is 1. The van der Waals surface area contributed by atoms with E-state index in [0.29, 0.717) is 6.04 Å². The normalized spacial score (nSPS) is 10.6. The molecule has 0 aliphatic carbocycles. The topological polar surface area (TPSA) is 21.3 Å². The number of rotatable bonds is 8. The zero-order chi connectivity index (χ0) is 12.5. The lowest BCUT2D eigenvalue weighted by Crippen LogP contribution is -2.09. The molecule has 2 nitrogen and oxygen atoms in total. The average Bonchev–Trinajstić information content (AvgIpc) is 2.30. The first-order chi connectivity index (χ1) is 8.22. The Kier molecular flexibility index (Phi) is 6.53. The van der Waals surface area contributed by atoms with E-state index in [-0.39, 0.29) is 0 Å². The first-order valence-corrected chi connectivity index (χ1v) is 6.71. The summed E-state index contributed by atoms with van der Waals surface area (Å²) < 4.78 is 5.68. The number of ether oxygens (including phenoxy) is 1. The van der Waals surface area contributed by atoms with E-state index in [9.17, 15) is 0 Å². The predicted octanol–water partition coefficient (Wildman–Crippen LogP) is 4.47. The second-order valence-corrected chi connectivity index (χ2v) is 4.73. The van der Waals surface area contributed by atoms with Crippen molar-refractivity contribution in [3.05, 3.63) is 24.3 Å². The molecule has 0 aromatic heterocycles. The number of benzene rings is 1. The van der Waals surface area contributed by atoms with Gasteiger partial charge < -0.3 is 10.1 Å². The second-order valence-electron chi connectivity index (χ2n) is 4.73. The van der Waals surface area contributed by atoms with Crippen molar-refractivity contribution >= 4 is 5.69 Å². The molecule has 1 N–H and O–H groups in total. The van der Waals surface area contributed by atoms with E-state index in [1.54, 1.807) is 0 Å². The molecule has 1 rings (SSSR count). The molecule has 1 aromatic rings. The molecule has 2 heteroatoms. The minimum atomic E-state index is 0.468. The van der Waals surface area contributed by atoms with Gasteiger partial charge in [0.25, 0.3) is 0 Å². The standard InChI is InChI=1S/C15H25NO/c1-4-5-6-7-12-17-15-10-8-14(9-11-15)16-13(2)3/h8-11,13,16H,4-7,12H2,1-3H3. The van der Waals surface area contributed by atoms with Crippen LogP contribution in [0.5, 0.6) is 5.75 Å². The molecule has 0 amide bonds. The van der Waals surface area contributed by atoms with Gasteiger partial charge in [-0.05, 0) is 44.5 Å². The highest BCUT2D eigenvalue weighted by Crippen LogP contribution is 2.16. The maximum absolute atomic E-state index is 5.68. The Balaban J connectivity index is 2.25. The molecule has 0 aliphatic heterocycles. The Hall–Kier alpha value is -1.18. The van der Waals surface area contributed by atoms with Crippen LogP contribution in [0.15, 0.2) is 24.3 Å². The van der Waals surface area contributed by atoms with Crippen LogP contribution < -0.4 is 10.1 Å². The number of hydrogen-bond acceptors (Lipinski definition) is 2. The predicted molar refractivity (Wildman–Crippen MR) is 74.8 cm³/mol. The molecule has 0 atom stereocenters. The van der Waals surface area contributed by atoms with Gasteiger partial charge in [0, 0.05) is 11.7 Å². The SMILES string of the molecule is CCCCCCOc1ccc(NC(C)C)cc1. The fourth-order valence-corrected chi connectivity index (χ4v) is 1.70. The van der Waals surface area contributed by atoms with Gasteiger partial charge in [-0.2, -0.15) is 0 Å². The molecule has 17 heavy (non-hydrogen) atoms. The van der Waals surface area contributed by atoms with Crippen molar-refractivity contribution in [2.75, 3.05) is 11.9 Å². The molecule has 0 fully saturated rings. The highest BCUT2D eigenvalue weighted by Gasteiger charge is 1.97. The Morgan fingerprint density at radius 2 is 1.76 bits per heavy atom. The Labute approximate surface area is 105 Å². The summed E-state index contributed by atoms with van der Waals surface area (Å²) in [4.78, 5) is 0. The number of anilines is 1. The van der Waals surface area contributed by atoms with Gasteiger partial charge in [0.1, 0.15) is 5.75 Å². The third-order valence-corrected chi connectivity index (χ3v) is 2.58. The molecule has 0 bridgehead atoms. The minimum Gasteiger partial charge on any atom is -0.494 e. The van der Waals surface area contributed by atoms with E-state index in [4.69, 9.17) is 4.74 Å². The monoisotopic (exact) mass is 235 g/mol. The summed E-state index contributed by atoms with van der Waals surface area (Å²) in [5, 5.41) is 3.36. The molecular formula is C15H25NO. The van der Waals surface area contributed by atoms with Crippen LogP contribution in [0.4, 0.5) is 5.69 Å². The quantitative estimate of drug-likeness (QED) is 0.671. The van der Waals surface area contributed by atoms with Crippen LogP contribution >= 0.6 is 0 Å². The van der Waals surface area contributed by atoms with E-state index >= 15 is 0 Å². The third kappa shape index (κ3) is 6.20. The van der Waals surface area contributed by atoms with Crippen molar-refractivity contribution in [3.63, 3.8) is 0 Å². The molecule has 0 radical (unpaired) electrons. The highest BCUT2D eigenvalue weighted by molar-refractivity contribution is 5.46. The van der Waals surface area contributed by atoms with E-state index in [1.165, 1.54) is 19.3 Å². The molecule has 0 aliphatic rings. The van der Waals surface area contributed by atoms with Gasteiger partial charge in [-0.15, -0.1) is 0 Å². The van der Waals surface area contributed by atoms with Crippen LogP contribution in [0.3, 0.4) is 0 Å². The number of nitrogens with one attached hydrogen (secondary N) is 1. The van der Waals surface area contributed by atoms with Gasteiger partial charge in [0.05, 0.1) is 6.61 Å². The Morgan fingerprint density at radius 3 is 2.35 bits per heavy atom. The van der Waals surface area contributed by atoms with Crippen LogP contribution in [0.25, 0.3) is 0 Å². The smallest absolute Gasteiger partial charge is 0.119 e. The first kappa shape index (κ1) is 13.9. The van der Waals surface area contributed by atoms with Gasteiger partial charge in [-0.1, -0.05) is 26.2 Å². The zero-order valence-corrected chi connectivity index (χ0v) is 11.3. The average molecular weight is 235 g/mol. The zero-order valence-electron chi connectivity index (χ0n) is 11.3. The lowest BCUT2D eigenvalue weighted by molar-refractivity contribution is 0.305. The van der Waals surface area contributed by atoms with Crippen LogP contribution in [-0.2, 0) is 0 Å². The van der Waals surface area contributed by atoms with Gasteiger partial charge in [0.15, 0.2) is 0 Å². The second kappa shape index (κ2) is 7.99. The molecule has 1 aromatic carbocycles. The maximum Gasteiger partial charge on any atom is 0.119 e. The van der Waals surface area contributed by atoms with E-state index in [0.717, 1.165) is 24.5 Å². The number of unbranched alkanes of at least 4 members (excludes halogenated alkanes) is 3. The lowest BCUT2D eigenvalue weighted by Gasteiger charge is -2.11. The summed E-state index contributed by atoms with van der Waals surface area (Å²) in [5.41, 5.74) is 1.15.